The number of carbonyl (C=O) groups excluding carboxylic acids is 1. The lowest BCUT2D eigenvalue weighted by Gasteiger charge is -2.42. The predicted molar refractivity (Wildman–Crippen MR) is 121 cm³/mol. The molecule has 2 fully saturated rings. The van der Waals surface area contributed by atoms with Crippen molar-refractivity contribution in [3.63, 3.8) is 0 Å². The van der Waals surface area contributed by atoms with Crippen LogP contribution in [0.4, 0.5) is 4.79 Å². The number of rotatable bonds is 3. The van der Waals surface area contributed by atoms with Crippen LogP contribution in [-0.4, -0.2) is 40.4 Å². The molecule has 0 aromatic heterocycles. The molecule has 2 saturated heterocycles. The number of fused-ring (bicyclic) bond motifs is 5. The molecule has 1 N–H and O–H groups in total. The van der Waals surface area contributed by atoms with E-state index in [2.05, 4.69) is 48.2 Å². The number of amides is 1. The third-order valence-corrected chi connectivity index (χ3v) is 7.12. The van der Waals surface area contributed by atoms with Crippen LogP contribution in [0, 0.1) is 11.8 Å². The normalized spacial score (nSPS) is 26.1. The number of hydrogen-bond donors (Lipinski definition) is 1. The van der Waals surface area contributed by atoms with E-state index in [1.54, 1.807) is 0 Å². The molecule has 0 spiro atoms. The van der Waals surface area contributed by atoms with Crippen LogP contribution in [0.2, 0.25) is 0 Å². The fourth-order valence-corrected chi connectivity index (χ4v) is 5.79. The summed E-state index contributed by atoms with van der Waals surface area (Å²) < 4.78 is 5.90. The zero-order valence-electron chi connectivity index (χ0n) is 18.0. The number of benzene rings is 2. The standard InChI is InChI=1S/C27H29NO3/c1-2-3-8-15-27(30)16-19-13-14-20(17-27)28(19)26(29)31-18-25-23-11-6-4-9-21(23)22-10-5-7-12-24(22)25/h4-7,9-12,19-20,25,30H,2,13-18H2,1H3. The SMILES string of the molecule is CCC#CCC1(O)CC2CCC(C1)N2C(=O)OCC1c2ccccc2-c2ccccc21. The minimum atomic E-state index is -0.784. The maximum Gasteiger partial charge on any atom is 0.410 e. The molecule has 2 aromatic rings. The van der Waals surface area contributed by atoms with Crippen molar-refractivity contribution in [3.05, 3.63) is 59.7 Å². The van der Waals surface area contributed by atoms with Crippen molar-refractivity contribution in [1.29, 1.82) is 0 Å². The van der Waals surface area contributed by atoms with Crippen LogP contribution < -0.4 is 0 Å². The number of aliphatic hydroxyl groups is 1. The van der Waals surface area contributed by atoms with Crippen molar-refractivity contribution in [3.8, 4) is 23.0 Å². The van der Waals surface area contributed by atoms with E-state index in [-0.39, 0.29) is 24.1 Å². The van der Waals surface area contributed by atoms with E-state index in [9.17, 15) is 9.90 Å². The first-order valence-electron chi connectivity index (χ1n) is 11.4. The highest BCUT2D eigenvalue weighted by molar-refractivity contribution is 5.79. The van der Waals surface area contributed by atoms with Gasteiger partial charge in [0.25, 0.3) is 0 Å². The van der Waals surface area contributed by atoms with Crippen molar-refractivity contribution >= 4 is 6.09 Å². The molecular formula is C27H29NO3. The molecule has 0 saturated carbocycles. The maximum atomic E-state index is 13.1. The van der Waals surface area contributed by atoms with Crippen LogP contribution in [0.15, 0.2) is 48.5 Å². The van der Waals surface area contributed by atoms with Gasteiger partial charge in [0.1, 0.15) is 6.61 Å². The number of ether oxygens (including phenoxy) is 1. The molecule has 1 aliphatic carbocycles. The van der Waals surface area contributed by atoms with Gasteiger partial charge in [0, 0.05) is 30.8 Å². The summed E-state index contributed by atoms with van der Waals surface area (Å²) in [5.41, 5.74) is 4.13. The lowest BCUT2D eigenvalue weighted by Crippen LogP contribution is -2.53. The Labute approximate surface area is 184 Å². The summed E-state index contributed by atoms with van der Waals surface area (Å²) in [5.74, 6) is 6.23. The summed E-state index contributed by atoms with van der Waals surface area (Å²) in [6, 6.07) is 16.9. The minimum Gasteiger partial charge on any atom is -0.448 e. The summed E-state index contributed by atoms with van der Waals surface area (Å²) in [4.78, 5) is 15.0. The van der Waals surface area contributed by atoms with Crippen LogP contribution in [0.1, 0.15) is 62.5 Å². The largest absolute Gasteiger partial charge is 0.448 e. The number of hydrogen-bond acceptors (Lipinski definition) is 3. The number of piperidine rings is 1. The fraction of sp³-hybridized carbons (Fsp3) is 0.444. The van der Waals surface area contributed by atoms with Crippen LogP contribution in [-0.2, 0) is 4.74 Å². The summed E-state index contributed by atoms with van der Waals surface area (Å²) in [6.07, 6.45) is 4.09. The van der Waals surface area contributed by atoms with E-state index in [1.165, 1.54) is 22.3 Å². The van der Waals surface area contributed by atoms with Gasteiger partial charge in [-0.2, -0.15) is 0 Å². The van der Waals surface area contributed by atoms with Crippen molar-refractivity contribution in [2.24, 2.45) is 0 Å². The second-order valence-electron chi connectivity index (χ2n) is 9.11. The van der Waals surface area contributed by atoms with Gasteiger partial charge in [-0.1, -0.05) is 55.5 Å². The van der Waals surface area contributed by atoms with Crippen LogP contribution in [0.5, 0.6) is 0 Å². The second-order valence-corrected chi connectivity index (χ2v) is 9.11. The average molecular weight is 416 g/mol. The van der Waals surface area contributed by atoms with Gasteiger partial charge >= 0.3 is 6.09 Å². The summed E-state index contributed by atoms with van der Waals surface area (Å²) >= 11 is 0. The Kier molecular flexibility index (Phi) is 5.24. The zero-order valence-corrected chi connectivity index (χ0v) is 18.0. The minimum absolute atomic E-state index is 0.0443. The van der Waals surface area contributed by atoms with E-state index in [0.717, 1.165) is 19.3 Å². The monoisotopic (exact) mass is 415 g/mol. The topological polar surface area (TPSA) is 49.8 Å². The number of carbonyl (C=O) groups is 1. The summed E-state index contributed by atoms with van der Waals surface area (Å²) in [5, 5.41) is 11.0. The molecule has 3 aliphatic rings. The molecule has 2 bridgehead atoms. The first-order valence-corrected chi connectivity index (χ1v) is 11.4. The zero-order chi connectivity index (χ0) is 21.4. The van der Waals surface area contributed by atoms with E-state index in [1.807, 2.05) is 24.0 Å². The average Bonchev–Trinajstić information content (AvgIpc) is 3.25. The molecule has 2 heterocycles. The van der Waals surface area contributed by atoms with E-state index in [4.69, 9.17) is 4.74 Å². The van der Waals surface area contributed by atoms with Crippen molar-refractivity contribution in [2.75, 3.05) is 6.61 Å². The van der Waals surface area contributed by atoms with Gasteiger partial charge in [0.15, 0.2) is 0 Å². The Morgan fingerprint density at radius 2 is 1.61 bits per heavy atom. The van der Waals surface area contributed by atoms with Crippen LogP contribution in [0.3, 0.4) is 0 Å². The maximum absolute atomic E-state index is 13.1. The molecule has 2 aromatic carbocycles. The fourth-order valence-electron chi connectivity index (χ4n) is 5.79. The lowest BCUT2D eigenvalue weighted by atomic mass is 9.84. The van der Waals surface area contributed by atoms with Gasteiger partial charge in [-0.05, 0) is 47.9 Å². The molecule has 5 rings (SSSR count). The van der Waals surface area contributed by atoms with Crippen LogP contribution in [0.25, 0.3) is 11.1 Å². The Morgan fingerprint density at radius 3 is 2.19 bits per heavy atom. The van der Waals surface area contributed by atoms with Crippen LogP contribution >= 0.6 is 0 Å². The molecule has 160 valence electrons. The van der Waals surface area contributed by atoms with Gasteiger partial charge in [-0.3, -0.25) is 0 Å². The van der Waals surface area contributed by atoms with Gasteiger partial charge in [-0.25, -0.2) is 4.79 Å². The smallest absolute Gasteiger partial charge is 0.410 e. The Morgan fingerprint density at radius 1 is 1.03 bits per heavy atom. The third-order valence-electron chi connectivity index (χ3n) is 7.12. The molecule has 4 heteroatoms. The highest BCUT2D eigenvalue weighted by atomic mass is 16.6. The first kappa shape index (κ1) is 20.2. The quantitative estimate of drug-likeness (QED) is 0.710. The lowest BCUT2D eigenvalue weighted by molar-refractivity contribution is -0.0449. The summed E-state index contributed by atoms with van der Waals surface area (Å²) in [7, 11) is 0. The van der Waals surface area contributed by atoms with Gasteiger partial charge in [-0.15, -0.1) is 11.8 Å². The van der Waals surface area contributed by atoms with Gasteiger partial charge in [0.05, 0.1) is 5.60 Å². The number of nitrogens with zero attached hydrogens (tertiary/aromatic N) is 1. The van der Waals surface area contributed by atoms with Crippen molar-refractivity contribution in [1.82, 2.24) is 4.90 Å². The summed E-state index contributed by atoms with van der Waals surface area (Å²) in [6.45, 7) is 2.36. The van der Waals surface area contributed by atoms with Gasteiger partial charge in [0.2, 0.25) is 0 Å². The molecular weight excluding hydrogens is 386 g/mol. The molecule has 2 aliphatic heterocycles. The van der Waals surface area contributed by atoms with E-state index >= 15 is 0 Å². The Bertz CT molecular complexity index is 990. The molecule has 4 nitrogen and oxygen atoms in total. The van der Waals surface area contributed by atoms with Crippen molar-refractivity contribution < 1.29 is 14.6 Å². The predicted octanol–water partition coefficient (Wildman–Crippen LogP) is 5.10. The molecule has 0 radical (unpaired) electrons. The first-order chi connectivity index (χ1) is 15.1. The molecule has 2 atom stereocenters. The third kappa shape index (κ3) is 3.62. The molecule has 1 amide bonds. The molecule has 31 heavy (non-hydrogen) atoms. The van der Waals surface area contributed by atoms with Crippen molar-refractivity contribution in [2.45, 2.75) is 69.1 Å². The van der Waals surface area contributed by atoms with E-state index < -0.39 is 5.60 Å². The molecule has 2 unspecified atom stereocenters. The van der Waals surface area contributed by atoms with E-state index in [0.29, 0.717) is 25.9 Å². The Hall–Kier alpha value is -2.77. The highest BCUT2D eigenvalue weighted by Crippen LogP contribution is 2.45. The second kappa shape index (κ2) is 8.05. The van der Waals surface area contributed by atoms with Gasteiger partial charge < -0.3 is 14.7 Å². The highest BCUT2D eigenvalue weighted by Gasteiger charge is 2.49. The Balaban J connectivity index is 1.28.